The summed E-state index contributed by atoms with van der Waals surface area (Å²) in [6.45, 7) is 11.3. The van der Waals surface area contributed by atoms with Crippen molar-refractivity contribution in [1.82, 2.24) is 15.5 Å². The van der Waals surface area contributed by atoms with Crippen LogP contribution in [-0.4, -0.2) is 58.3 Å². The SMILES string of the molecule is CCNC(=NCc1cc(F)ccc1CS(C)(=O)=O)NCCCCN(CC)CC.I. The second-order valence-corrected chi connectivity index (χ2v) is 8.98. The second-order valence-electron chi connectivity index (χ2n) is 6.84. The standard InChI is InChI=1S/C20H35FN4O2S.HI/c1-5-22-20(23-12-8-9-13-25(6-2)7-3)24-15-18-14-19(21)11-10-17(18)16-28(4,26)27;/h10-11,14H,5-9,12-13,15-16H2,1-4H3,(H2,22,23,24);1H. The van der Waals surface area contributed by atoms with Crippen molar-refractivity contribution in [2.24, 2.45) is 4.99 Å². The summed E-state index contributed by atoms with van der Waals surface area (Å²) in [7, 11) is -3.20. The lowest BCUT2D eigenvalue weighted by atomic mass is 10.1. The molecule has 0 aliphatic heterocycles. The highest BCUT2D eigenvalue weighted by molar-refractivity contribution is 14.0. The van der Waals surface area contributed by atoms with Gasteiger partial charge in [0.05, 0.1) is 12.3 Å². The van der Waals surface area contributed by atoms with Gasteiger partial charge in [0, 0.05) is 19.3 Å². The second kappa shape index (κ2) is 15.0. The Kier molecular flexibility index (Phi) is 14.5. The molecule has 0 unspecified atom stereocenters. The predicted molar refractivity (Wildman–Crippen MR) is 130 cm³/mol. The summed E-state index contributed by atoms with van der Waals surface area (Å²) in [5.74, 6) is 0.143. The van der Waals surface area contributed by atoms with Crippen LogP contribution in [0.5, 0.6) is 0 Å². The van der Waals surface area contributed by atoms with Gasteiger partial charge in [0.25, 0.3) is 0 Å². The van der Waals surface area contributed by atoms with E-state index in [-0.39, 0.29) is 36.3 Å². The Bertz CT molecular complexity index is 725. The molecule has 0 atom stereocenters. The molecule has 0 aromatic heterocycles. The molecule has 0 spiro atoms. The van der Waals surface area contributed by atoms with Crippen LogP contribution in [0, 0.1) is 5.82 Å². The van der Waals surface area contributed by atoms with Crippen LogP contribution in [0.2, 0.25) is 0 Å². The van der Waals surface area contributed by atoms with Crippen LogP contribution in [0.3, 0.4) is 0 Å². The van der Waals surface area contributed by atoms with Gasteiger partial charge in [-0.05, 0) is 62.7 Å². The van der Waals surface area contributed by atoms with E-state index in [2.05, 4.69) is 34.4 Å². The topological polar surface area (TPSA) is 73.8 Å². The third kappa shape index (κ3) is 12.4. The Hall–Kier alpha value is -0.940. The largest absolute Gasteiger partial charge is 0.357 e. The number of nitrogens with one attached hydrogen (secondary N) is 2. The van der Waals surface area contributed by atoms with Crippen molar-refractivity contribution < 1.29 is 12.8 Å². The Morgan fingerprint density at radius 1 is 1.10 bits per heavy atom. The van der Waals surface area contributed by atoms with Gasteiger partial charge in [0.1, 0.15) is 5.82 Å². The summed E-state index contributed by atoms with van der Waals surface area (Å²) in [5, 5.41) is 6.47. The molecule has 1 rings (SSSR count). The van der Waals surface area contributed by atoms with E-state index < -0.39 is 15.7 Å². The summed E-state index contributed by atoms with van der Waals surface area (Å²) < 4.78 is 36.9. The summed E-state index contributed by atoms with van der Waals surface area (Å²) in [5.41, 5.74) is 1.17. The molecule has 0 aliphatic carbocycles. The number of hydrogen-bond donors (Lipinski definition) is 2. The van der Waals surface area contributed by atoms with Gasteiger partial charge < -0.3 is 15.5 Å². The lowest BCUT2D eigenvalue weighted by molar-refractivity contribution is 0.297. The van der Waals surface area contributed by atoms with E-state index in [1.165, 1.54) is 24.5 Å². The summed E-state index contributed by atoms with van der Waals surface area (Å²) >= 11 is 0. The smallest absolute Gasteiger partial charge is 0.191 e. The Morgan fingerprint density at radius 3 is 2.38 bits per heavy atom. The minimum absolute atomic E-state index is 0. The maximum Gasteiger partial charge on any atom is 0.191 e. The van der Waals surface area contributed by atoms with Crippen LogP contribution in [0.4, 0.5) is 4.39 Å². The number of hydrogen-bond acceptors (Lipinski definition) is 4. The van der Waals surface area contributed by atoms with Crippen molar-refractivity contribution in [3.05, 3.63) is 35.1 Å². The molecular weight excluding hydrogens is 506 g/mol. The molecule has 29 heavy (non-hydrogen) atoms. The number of unbranched alkanes of at least 4 members (excludes halogenated alkanes) is 1. The lowest BCUT2D eigenvalue weighted by Crippen LogP contribution is -2.38. The molecule has 9 heteroatoms. The number of nitrogens with zero attached hydrogens (tertiary/aromatic N) is 2. The van der Waals surface area contributed by atoms with Gasteiger partial charge in [-0.3, -0.25) is 0 Å². The molecular formula is C20H36FIN4O2S. The fourth-order valence-electron chi connectivity index (χ4n) is 2.88. The van der Waals surface area contributed by atoms with Crippen LogP contribution < -0.4 is 10.6 Å². The number of guanidine groups is 1. The number of rotatable bonds is 12. The van der Waals surface area contributed by atoms with Crippen molar-refractivity contribution in [3.8, 4) is 0 Å². The number of halogens is 2. The Labute approximate surface area is 192 Å². The van der Waals surface area contributed by atoms with Crippen LogP contribution >= 0.6 is 24.0 Å². The quantitative estimate of drug-likeness (QED) is 0.184. The lowest BCUT2D eigenvalue weighted by Gasteiger charge is -2.18. The average molecular weight is 543 g/mol. The van der Waals surface area contributed by atoms with Crippen LogP contribution in [0.15, 0.2) is 23.2 Å². The van der Waals surface area contributed by atoms with Gasteiger partial charge in [-0.15, -0.1) is 24.0 Å². The molecule has 0 amide bonds. The minimum atomic E-state index is -3.20. The molecule has 0 saturated carbocycles. The van der Waals surface area contributed by atoms with Gasteiger partial charge in [-0.2, -0.15) is 0 Å². The van der Waals surface area contributed by atoms with E-state index in [9.17, 15) is 12.8 Å². The minimum Gasteiger partial charge on any atom is -0.357 e. The highest BCUT2D eigenvalue weighted by Gasteiger charge is 2.11. The van der Waals surface area contributed by atoms with Gasteiger partial charge in [-0.1, -0.05) is 19.9 Å². The monoisotopic (exact) mass is 542 g/mol. The fraction of sp³-hybridized carbons (Fsp3) is 0.650. The molecule has 0 saturated heterocycles. The van der Waals surface area contributed by atoms with E-state index in [0.29, 0.717) is 23.6 Å². The van der Waals surface area contributed by atoms with Crippen molar-refractivity contribution in [2.75, 3.05) is 39.0 Å². The van der Waals surface area contributed by atoms with E-state index in [1.54, 1.807) is 0 Å². The summed E-state index contributed by atoms with van der Waals surface area (Å²) in [4.78, 5) is 6.90. The molecule has 0 aliphatic rings. The molecule has 6 nitrogen and oxygen atoms in total. The summed E-state index contributed by atoms with van der Waals surface area (Å²) in [6, 6.07) is 4.17. The van der Waals surface area contributed by atoms with E-state index in [0.717, 1.165) is 39.0 Å². The van der Waals surface area contributed by atoms with Crippen LogP contribution in [0.25, 0.3) is 0 Å². The molecule has 168 valence electrons. The number of benzene rings is 1. The molecule has 1 aromatic carbocycles. The maximum absolute atomic E-state index is 13.6. The van der Waals surface area contributed by atoms with Crippen molar-refractivity contribution in [3.63, 3.8) is 0 Å². The first-order chi connectivity index (χ1) is 13.3. The van der Waals surface area contributed by atoms with Gasteiger partial charge in [-0.25, -0.2) is 17.8 Å². The van der Waals surface area contributed by atoms with Gasteiger partial charge in [0.15, 0.2) is 15.8 Å². The zero-order chi connectivity index (χ0) is 21.0. The summed E-state index contributed by atoms with van der Waals surface area (Å²) in [6.07, 6.45) is 3.31. The zero-order valence-corrected chi connectivity index (χ0v) is 21.1. The first kappa shape index (κ1) is 28.1. The first-order valence-electron chi connectivity index (χ1n) is 9.98. The van der Waals surface area contributed by atoms with E-state index in [1.807, 2.05) is 6.92 Å². The third-order valence-electron chi connectivity index (χ3n) is 4.43. The van der Waals surface area contributed by atoms with Crippen LogP contribution in [0.1, 0.15) is 44.7 Å². The van der Waals surface area contributed by atoms with Crippen molar-refractivity contribution in [1.29, 1.82) is 0 Å². The average Bonchev–Trinajstić information content (AvgIpc) is 2.63. The molecule has 0 heterocycles. The van der Waals surface area contributed by atoms with Gasteiger partial charge in [0.2, 0.25) is 0 Å². The number of aliphatic imine (C=N–C) groups is 1. The van der Waals surface area contributed by atoms with Crippen molar-refractivity contribution in [2.45, 2.75) is 45.9 Å². The normalized spacial score (nSPS) is 12.0. The predicted octanol–water partition coefficient (Wildman–Crippen LogP) is 3.17. The highest BCUT2D eigenvalue weighted by Crippen LogP contribution is 2.15. The molecule has 1 aromatic rings. The van der Waals surface area contributed by atoms with Crippen molar-refractivity contribution >= 4 is 39.8 Å². The van der Waals surface area contributed by atoms with Gasteiger partial charge >= 0.3 is 0 Å². The van der Waals surface area contributed by atoms with Crippen LogP contribution in [-0.2, 0) is 22.1 Å². The Balaban J connectivity index is 0.00000784. The zero-order valence-electron chi connectivity index (χ0n) is 18.0. The van der Waals surface area contributed by atoms with E-state index >= 15 is 0 Å². The first-order valence-corrected chi connectivity index (χ1v) is 12.0. The Morgan fingerprint density at radius 2 is 1.79 bits per heavy atom. The molecule has 0 bridgehead atoms. The highest BCUT2D eigenvalue weighted by atomic mass is 127. The molecule has 0 radical (unpaired) electrons. The molecule has 0 fully saturated rings. The maximum atomic E-state index is 13.6. The number of sulfone groups is 1. The third-order valence-corrected chi connectivity index (χ3v) is 5.26. The fourth-order valence-corrected chi connectivity index (χ4v) is 3.72. The van der Waals surface area contributed by atoms with E-state index in [4.69, 9.17) is 0 Å². The molecule has 2 N–H and O–H groups in total.